The Morgan fingerprint density at radius 2 is 1.90 bits per heavy atom. The summed E-state index contributed by atoms with van der Waals surface area (Å²) in [4.78, 5) is 8.17. The average Bonchev–Trinajstić information content (AvgIpc) is 2.36. The molecular weight excluding hydrogens is 256 g/mol. The second kappa shape index (κ2) is 8.58. The average molecular weight is 282 g/mol. The molecule has 6 nitrogen and oxygen atoms in total. The van der Waals surface area contributed by atoms with Crippen molar-refractivity contribution in [2.45, 2.75) is 52.7 Å². The molecule has 0 atom stereocenters. The van der Waals surface area contributed by atoms with Crippen LogP contribution in [0, 0.1) is 0 Å². The first-order chi connectivity index (χ1) is 9.50. The van der Waals surface area contributed by atoms with Gasteiger partial charge < -0.3 is 20.5 Å². The molecule has 1 rings (SSSR count). The molecule has 0 unspecified atom stereocenters. The van der Waals surface area contributed by atoms with Crippen LogP contribution in [-0.2, 0) is 4.74 Å². The topological polar surface area (TPSA) is 82.3 Å². The number of ether oxygens (including phenoxy) is 2. The van der Waals surface area contributed by atoms with Gasteiger partial charge in [0.1, 0.15) is 12.0 Å². The minimum atomic E-state index is 0.0354. The maximum Gasteiger partial charge on any atom is 0.242 e. The van der Waals surface area contributed by atoms with Gasteiger partial charge in [-0.1, -0.05) is 0 Å². The molecule has 114 valence electrons. The highest BCUT2D eigenvalue weighted by Crippen LogP contribution is 2.25. The van der Waals surface area contributed by atoms with Crippen LogP contribution in [0.4, 0.5) is 11.5 Å². The summed E-state index contributed by atoms with van der Waals surface area (Å²) in [6.07, 6.45) is 3.78. The van der Waals surface area contributed by atoms with Gasteiger partial charge in [-0.05, 0) is 40.5 Å². The highest BCUT2D eigenvalue weighted by Gasteiger charge is 2.10. The standard InChI is InChI=1S/C14H26N4O2/c1-10(2)19-8-6-5-7-16-13-12(15)14(18-9-17-13)20-11(3)4/h9-11H,5-8,15H2,1-4H3,(H,16,17,18). The third-order valence-corrected chi connectivity index (χ3v) is 2.51. The van der Waals surface area contributed by atoms with Crippen molar-refractivity contribution in [3.05, 3.63) is 6.33 Å². The third-order valence-electron chi connectivity index (χ3n) is 2.51. The fraction of sp³-hybridized carbons (Fsp3) is 0.714. The summed E-state index contributed by atoms with van der Waals surface area (Å²) in [5, 5.41) is 3.20. The maximum absolute atomic E-state index is 5.98. The lowest BCUT2D eigenvalue weighted by Gasteiger charge is -2.13. The Balaban J connectivity index is 2.36. The second-order valence-corrected chi connectivity index (χ2v) is 5.16. The van der Waals surface area contributed by atoms with Gasteiger partial charge in [0.05, 0.1) is 12.2 Å². The van der Waals surface area contributed by atoms with Crippen LogP contribution in [0.5, 0.6) is 5.88 Å². The highest BCUT2D eigenvalue weighted by molar-refractivity contribution is 5.66. The molecule has 0 aromatic carbocycles. The zero-order valence-corrected chi connectivity index (χ0v) is 12.8. The van der Waals surface area contributed by atoms with E-state index in [1.165, 1.54) is 6.33 Å². The minimum Gasteiger partial charge on any atom is -0.473 e. The lowest BCUT2D eigenvalue weighted by molar-refractivity contribution is 0.0765. The normalized spacial score (nSPS) is 11.1. The molecule has 0 fully saturated rings. The fourth-order valence-electron chi connectivity index (χ4n) is 1.59. The van der Waals surface area contributed by atoms with E-state index in [0.29, 0.717) is 17.4 Å². The zero-order chi connectivity index (χ0) is 15.0. The zero-order valence-electron chi connectivity index (χ0n) is 12.8. The highest BCUT2D eigenvalue weighted by atomic mass is 16.5. The number of nitrogens with zero attached hydrogens (tertiary/aromatic N) is 2. The van der Waals surface area contributed by atoms with Gasteiger partial charge in [-0.3, -0.25) is 0 Å². The van der Waals surface area contributed by atoms with Crippen molar-refractivity contribution in [3.8, 4) is 5.88 Å². The fourth-order valence-corrected chi connectivity index (χ4v) is 1.59. The molecular formula is C14H26N4O2. The van der Waals surface area contributed by atoms with Gasteiger partial charge in [0, 0.05) is 13.2 Å². The van der Waals surface area contributed by atoms with Crippen molar-refractivity contribution in [2.24, 2.45) is 0 Å². The number of hydrogen-bond acceptors (Lipinski definition) is 6. The smallest absolute Gasteiger partial charge is 0.242 e. The molecule has 0 aliphatic rings. The predicted octanol–water partition coefficient (Wildman–Crippen LogP) is 2.46. The van der Waals surface area contributed by atoms with Gasteiger partial charge in [0.2, 0.25) is 5.88 Å². The molecule has 0 aliphatic heterocycles. The van der Waals surface area contributed by atoms with E-state index in [2.05, 4.69) is 15.3 Å². The number of rotatable bonds is 9. The van der Waals surface area contributed by atoms with Crippen LogP contribution >= 0.6 is 0 Å². The van der Waals surface area contributed by atoms with Crippen LogP contribution in [0.2, 0.25) is 0 Å². The number of hydrogen-bond donors (Lipinski definition) is 2. The lowest BCUT2D eigenvalue weighted by Crippen LogP contribution is -2.13. The SMILES string of the molecule is CC(C)OCCCCNc1ncnc(OC(C)C)c1N. The quantitative estimate of drug-likeness (QED) is 0.677. The first-order valence-electron chi connectivity index (χ1n) is 7.13. The Morgan fingerprint density at radius 1 is 1.15 bits per heavy atom. The summed E-state index contributed by atoms with van der Waals surface area (Å²) in [6, 6.07) is 0. The van der Waals surface area contributed by atoms with Gasteiger partial charge in [-0.25, -0.2) is 4.98 Å². The van der Waals surface area contributed by atoms with E-state index in [1.807, 2.05) is 27.7 Å². The van der Waals surface area contributed by atoms with E-state index < -0.39 is 0 Å². The van der Waals surface area contributed by atoms with Crippen molar-refractivity contribution < 1.29 is 9.47 Å². The second-order valence-electron chi connectivity index (χ2n) is 5.16. The third kappa shape index (κ3) is 6.06. The van der Waals surface area contributed by atoms with E-state index in [4.69, 9.17) is 15.2 Å². The van der Waals surface area contributed by atoms with Crippen LogP contribution in [0.3, 0.4) is 0 Å². The van der Waals surface area contributed by atoms with Crippen LogP contribution in [0.1, 0.15) is 40.5 Å². The maximum atomic E-state index is 5.98. The molecule has 1 aromatic rings. The van der Waals surface area contributed by atoms with Crippen LogP contribution in [0.25, 0.3) is 0 Å². The van der Waals surface area contributed by atoms with Crippen molar-refractivity contribution in [3.63, 3.8) is 0 Å². The molecule has 0 radical (unpaired) electrons. The summed E-state index contributed by atoms with van der Waals surface area (Å²) in [7, 11) is 0. The summed E-state index contributed by atoms with van der Waals surface area (Å²) in [5.41, 5.74) is 6.43. The van der Waals surface area contributed by atoms with E-state index >= 15 is 0 Å². The Hall–Kier alpha value is -1.56. The minimum absolute atomic E-state index is 0.0354. The Kier molecular flexibility index (Phi) is 7.08. The number of nitrogens with one attached hydrogen (secondary N) is 1. The Bertz CT molecular complexity index is 397. The van der Waals surface area contributed by atoms with Gasteiger partial charge in [-0.2, -0.15) is 4.98 Å². The van der Waals surface area contributed by atoms with Crippen molar-refractivity contribution in [1.29, 1.82) is 0 Å². The number of nitrogens with two attached hydrogens (primary N) is 1. The summed E-state index contributed by atoms with van der Waals surface area (Å²) < 4.78 is 11.0. The molecule has 1 aromatic heterocycles. The molecule has 0 saturated heterocycles. The molecule has 20 heavy (non-hydrogen) atoms. The van der Waals surface area contributed by atoms with Crippen LogP contribution in [-0.4, -0.2) is 35.3 Å². The molecule has 0 amide bonds. The summed E-state index contributed by atoms with van der Waals surface area (Å²) in [6.45, 7) is 9.52. The van der Waals surface area contributed by atoms with E-state index in [1.54, 1.807) is 0 Å². The van der Waals surface area contributed by atoms with E-state index in [9.17, 15) is 0 Å². The molecule has 0 saturated carbocycles. The number of nitrogen functional groups attached to an aromatic ring is 1. The van der Waals surface area contributed by atoms with Gasteiger partial charge in [-0.15, -0.1) is 0 Å². The number of unbranched alkanes of at least 4 members (excludes halogenated alkanes) is 1. The van der Waals surface area contributed by atoms with Crippen molar-refractivity contribution in [2.75, 3.05) is 24.2 Å². The molecule has 1 heterocycles. The molecule has 0 bridgehead atoms. The first kappa shape index (κ1) is 16.5. The Labute approximate surface area is 121 Å². The monoisotopic (exact) mass is 282 g/mol. The molecule has 0 aliphatic carbocycles. The lowest BCUT2D eigenvalue weighted by atomic mass is 10.3. The van der Waals surface area contributed by atoms with E-state index in [0.717, 1.165) is 26.0 Å². The van der Waals surface area contributed by atoms with Gasteiger partial charge in [0.15, 0.2) is 5.82 Å². The van der Waals surface area contributed by atoms with Gasteiger partial charge in [0.25, 0.3) is 0 Å². The molecule has 3 N–H and O–H groups in total. The molecule has 6 heteroatoms. The van der Waals surface area contributed by atoms with Crippen LogP contribution < -0.4 is 15.8 Å². The summed E-state index contributed by atoms with van der Waals surface area (Å²) >= 11 is 0. The predicted molar refractivity (Wildman–Crippen MR) is 81.0 cm³/mol. The first-order valence-corrected chi connectivity index (χ1v) is 7.13. The van der Waals surface area contributed by atoms with E-state index in [-0.39, 0.29) is 12.2 Å². The van der Waals surface area contributed by atoms with Gasteiger partial charge >= 0.3 is 0 Å². The largest absolute Gasteiger partial charge is 0.473 e. The van der Waals surface area contributed by atoms with Crippen molar-refractivity contribution >= 4 is 11.5 Å². The number of anilines is 2. The number of aromatic nitrogens is 2. The molecule has 0 spiro atoms. The van der Waals surface area contributed by atoms with Crippen molar-refractivity contribution in [1.82, 2.24) is 9.97 Å². The van der Waals surface area contributed by atoms with Crippen LogP contribution in [0.15, 0.2) is 6.33 Å². The Morgan fingerprint density at radius 3 is 2.55 bits per heavy atom. The summed E-state index contributed by atoms with van der Waals surface area (Å²) in [5.74, 6) is 1.06.